The SMILES string of the molecule is CNC(=O)CCC(CCC(=O)NN)(CCC(=O)NN)NC(=O)CCC(CCC(=O)NC(CCC(N)=O)(CCC(=O)NN)CCC(=O)NN)(CCC(=O)NC(CCC(=O)NN)(CCC(=O)NN)CCC(=O)NN)NC(=O)CCSSc1ccccn1. The lowest BCUT2D eigenvalue weighted by molar-refractivity contribution is -0.129. The van der Waals surface area contributed by atoms with Crippen molar-refractivity contribution in [3.63, 3.8) is 0 Å². The number of nitrogens with one attached hydrogen (secondary N) is 12. The first-order valence-electron chi connectivity index (χ1n) is 27.2. The molecule has 0 bridgehead atoms. The van der Waals surface area contributed by atoms with Gasteiger partial charge in [-0.05, 0) is 100.0 Å². The molecule has 1 aromatic heterocycles. The number of rotatable bonds is 45. The van der Waals surface area contributed by atoms with Crippen LogP contribution in [0.15, 0.2) is 29.4 Å². The summed E-state index contributed by atoms with van der Waals surface area (Å²) < 4.78 is 0. The number of nitrogens with zero attached hydrogens (tertiary/aromatic N) is 1. The molecule has 36 heteroatoms. The summed E-state index contributed by atoms with van der Waals surface area (Å²) in [6.45, 7) is 0. The van der Waals surface area contributed by atoms with Gasteiger partial charge in [0.1, 0.15) is 5.03 Å². The van der Waals surface area contributed by atoms with Gasteiger partial charge < -0.3 is 32.3 Å². The molecule has 0 saturated heterocycles. The van der Waals surface area contributed by atoms with E-state index in [-0.39, 0.29) is 147 Å². The fourth-order valence-corrected chi connectivity index (χ4v) is 11.1. The van der Waals surface area contributed by atoms with Crippen LogP contribution in [0.3, 0.4) is 0 Å². The average molecular weight is 1240 g/mol. The molecule has 0 radical (unpaired) electrons. The van der Waals surface area contributed by atoms with Crippen LogP contribution in [0.25, 0.3) is 0 Å². The highest BCUT2D eigenvalue weighted by Crippen LogP contribution is 2.34. The summed E-state index contributed by atoms with van der Waals surface area (Å²) in [6.07, 6.45) is -5.09. The van der Waals surface area contributed by atoms with Gasteiger partial charge in [0.2, 0.25) is 76.8 Å². The van der Waals surface area contributed by atoms with Crippen molar-refractivity contribution in [1.29, 1.82) is 0 Å². The maximum atomic E-state index is 14.6. The zero-order valence-electron chi connectivity index (χ0n) is 47.9. The maximum Gasteiger partial charge on any atom is 0.233 e. The Morgan fingerprint density at radius 3 is 0.847 bits per heavy atom. The van der Waals surface area contributed by atoms with Crippen LogP contribution in [-0.4, -0.2) is 117 Å². The van der Waals surface area contributed by atoms with Crippen molar-refractivity contribution in [1.82, 2.24) is 69.5 Å². The van der Waals surface area contributed by atoms with Crippen LogP contribution >= 0.6 is 21.6 Å². The van der Waals surface area contributed by atoms with Gasteiger partial charge in [0.05, 0.1) is 0 Å². The van der Waals surface area contributed by atoms with Gasteiger partial charge in [-0.15, -0.1) is 0 Å². The Labute approximate surface area is 500 Å². The molecule has 1 aromatic rings. The molecule has 0 fully saturated rings. The normalized spacial score (nSPS) is 12.0. The van der Waals surface area contributed by atoms with E-state index >= 15 is 0 Å². The minimum Gasteiger partial charge on any atom is -0.370 e. The number of carbonyl (C=O) groups excluding carboxylic acids is 13. The molecule has 0 spiro atoms. The number of aromatic nitrogens is 1. The van der Waals surface area contributed by atoms with E-state index in [9.17, 15) is 62.3 Å². The molecule has 0 aliphatic rings. The van der Waals surface area contributed by atoms with E-state index in [1.807, 2.05) is 38.0 Å². The van der Waals surface area contributed by atoms with Gasteiger partial charge in [-0.25, -0.2) is 45.9 Å². The van der Waals surface area contributed by atoms with E-state index in [0.29, 0.717) is 5.03 Å². The topological polar surface area (TPSA) is 587 Å². The standard InChI is InChI=1S/C49H87N21O13S2/c1-58-33(72)6-19-47(25-12-40(79)66-53,26-13-41(80)67-54)61-35(74)8-21-48(63-37(76)17-31-84-85-45-4-2-3-30-59-45,20-7-34(73)60-46(18-5-32(50)71,23-10-38(77)64-51)24-11-39(78)65-52)22-9-36(75)62-49(27-14-42(81)68-55,28-15-43(82)69-56)29-16-44(83)70-57/h2-4,30H,5-29,31,51-57H2,1H3,(H2,50,71)(H,58,72)(H,60,73)(H,61,74)(H,62,75)(H,63,76)(H,64,77)(H,65,78)(H,66,79)(H,67,80)(H,68,81)(H,69,82)(H,70,83). The lowest BCUT2D eigenvalue weighted by Gasteiger charge is -2.39. The quantitative estimate of drug-likeness (QED) is 0.00957. The summed E-state index contributed by atoms with van der Waals surface area (Å²) in [4.78, 5) is 175. The van der Waals surface area contributed by atoms with Crippen molar-refractivity contribution >= 4 is 98.4 Å². The van der Waals surface area contributed by atoms with Crippen LogP contribution in [0.2, 0.25) is 0 Å². The highest BCUT2D eigenvalue weighted by molar-refractivity contribution is 8.76. The Hall–Kier alpha value is -7.32. The van der Waals surface area contributed by atoms with Gasteiger partial charge in [0.15, 0.2) is 0 Å². The molecule has 0 aliphatic heterocycles. The minimum atomic E-state index is -1.71. The Morgan fingerprint density at radius 1 is 0.365 bits per heavy atom. The molecule has 28 N–H and O–H groups in total. The van der Waals surface area contributed by atoms with Gasteiger partial charge in [-0.3, -0.25) is 100 Å². The number of nitrogens with two attached hydrogens (primary N) is 8. The zero-order chi connectivity index (χ0) is 63.9. The summed E-state index contributed by atoms with van der Waals surface area (Å²) in [5.41, 5.74) is 13.4. The number of hydrogen-bond acceptors (Lipinski definition) is 23. The summed E-state index contributed by atoms with van der Waals surface area (Å²) in [5, 5.41) is 14.8. The van der Waals surface area contributed by atoms with Gasteiger partial charge in [-0.1, -0.05) is 16.9 Å². The third-order valence-corrected chi connectivity index (χ3v) is 16.5. The van der Waals surface area contributed by atoms with Crippen molar-refractivity contribution in [3.05, 3.63) is 24.4 Å². The Bertz CT molecular complexity index is 2190. The van der Waals surface area contributed by atoms with E-state index in [2.05, 4.69) is 31.6 Å². The van der Waals surface area contributed by atoms with E-state index in [4.69, 9.17) is 46.6 Å². The molecule has 0 saturated carbocycles. The summed E-state index contributed by atoms with van der Waals surface area (Å²) in [5.74, 6) is 29.3. The van der Waals surface area contributed by atoms with Crippen LogP contribution in [0.4, 0.5) is 0 Å². The smallest absolute Gasteiger partial charge is 0.233 e. The zero-order valence-corrected chi connectivity index (χ0v) is 49.5. The first kappa shape index (κ1) is 75.7. The van der Waals surface area contributed by atoms with Crippen LogP contribution in [-0.2, 0) is 62.3 Å². The first-order valence-corrected chi connectivity index (χ1v) is 29.6. The van der Waals surface area contributed by atoms with Gasteiger partial charge in [0, 0.05) is 125 Å². The van der Waals surface area contributed by atoms with Crippen LogP contribution in [0.5, 0.6) is 0 Å². The highest BCUT2D eigenvalue weighted by Gasteiger charge is 2.40. The predicted molar refractivity (Wildman–Crippen MR) is 311 cm³/mol. The van der Waals surface area contributed by atoms with Crippen LogP contribution < -0.4 is 111 Å². The molecule has 478 valence electrons. The van der Waals surface area contributed by atoms with Gasteiger partial charge in [-0.2, -0.15) is 0 Å². The monoisotopic (exact) mass is 1240 g/mol. The fourth-order valence-electron chi connectivity index (χ4n) is 9.19. The third-order valence-electron chi connectivity index (χ3n) is 14.2. The number of pyridine rings is 1. The minimum absolute atomic E-state index is 0.101. The van der Waals surface area contributed by atoms with E-state index in [0.717, 1.165) is 0 Å². The molecule has 34 nitrogen and oxygen atoms in total. The average Bonchev–Trinajstić information content (AvgIpc) is 3.63. The number of primary amides is 1. The van der Waals surface area contributed by atoms with Gasteiger partial charge in [0.25, 0.3) is 0 Å². The second-order valence-corrected chi connectivity index (χ2v) is 22.7. The summed E-state index contributed by atoms with van der Waals surface area (Å²) in [6, 6.07) is 5.28. The predicted octanol–water partition coefficient (Wildman–Crippen LogP) is -4.84. The first-order chi connectivity index (χ1) is 40.3. The van der Waals surface area contributed by atoms with Crippen LogP contribution in [0, 0.1) is 0 Å². The van der Waals surface area contributed by atoms with Crippen molar-refractivity contribution in [2.24, 2.45) is 46.6 Å². The Morgan fingerprint density at radius 2 is 0.612 bits per heavy atom. The van der Waals surface area contributed by atoms with Crippen LogP contribution in [0.1, 0.15) is 161 Å². The molecule has 1 unspecified atom stereocenters. The highest BCUT2D eigenvalue weighted by atomic mass is 33.1. The van der Waals surface area contributed by atoms with Crippen molar-refractivity contribution < 1.29 is 62.3 Å². The molecule has 1 heterocycles. The molecular weight excluding hydrogens is 1150 g/mol. The molecule has 0 aromatic carbocycles. The largest absolute Gasteiger partial charge is 0.370 e. The maximum absolute atomic E-state index is 14.6. The van der Waals surface area contributed by atoms with Crippen molar-refractivity contribution in [3.8, 4) is 0 Å². The second kappa shape index (κ2) is 40.9. The molecular formula is C49H87N21O13S2. The molecule has 0 aliphatic carbocycles. The van der Waals surface area contributed by atoms with Crippen molar-refractivity contribution in [2.45, 2.75) is 188 Å². The lowest BCUT2D eigenvalue weighted by Crippen LogP contribution is -2.54. The number of hydrazine groups is 7. The van der Waals surface area contributed by atoms with E-state index in [1.165, 1.54) is 28.6 Å². The Kier molecular flexibility index (Phi) is 36.4. The molecule has 1 rings (SSSR count). The number of hydrogen-bond donors (Lipinski definition) is 20. The second-order valence-electron chi connectivity index (χ2n) is 20.2. The number of carbonyl (C=O) groups is 13. The summed E-state index contributed by atoms with van der Waals surface area (Å²) in [7, 11) is 3.97. The van der Waals surface area contributed by atoms with Crippen molar-refractivity contribution in [2.75, 3.05) is 12.8 Å². The number of amides is 13. The lowest BCUT2D eigenvalue weighted by atomic mass is 9.80. The molecule has 1 atom stereocenters. The summed E-state index contributed by atoms with van der Waals surface area (Å²) >= 11 is 0. The Balaban J connectivity index is 4.23. The van der Waals surface area contributed by atoms with E-state index < -0.39 is 118 Å². The molecule has 85 heavy (non-hydrogen) atoms. The molecule has 13 amide bonds. The fraction of sp³-hybridized carbons (Fsp3) is 0.633. The van der Waals surface area contributed by atoms with E-state index in [1.54, 1.807) is 24.4 Å². The van der Waals surface area contributed by atoms with Gasteiger partial charge >= 0.3 is 0 Å². The third kappa shape index (κ3) is 32.0.